The first kappa shape index (κ1) is 20.7. The Morgan fingerprint density at radius 1 is 1.21 bits per heavy atom. The van der Waals surface area contributed by atoms with Crippen molar-refractivity contribution in [2.45, 2.75) is 19.4 Å². The average Bonchev–Trinajstić information content (AvgIpc) is 2.99. The number of pyridine rings is 1. The Morgan fingerprint density at radius 2 is 1.93 bits per heavy atom. The second-order valence-corrected chi connectivity index (χ2v) is 6.84. The molecule has 0 bridgehead atoms. The van der Waals surface area contributed by atoms with Crippen LogP contribution in [0.5, 0.6) is 11.5 Å². The third-order valence-electron chi connectivity index (χ3n) is 4.70. The molecule has 1 aromatic carbocycles. The van der Waals surface area contributed by atoms with Gasteiger partial charge in [-0.3, -0.25) is 14.6 Å². The number of aliphatic hydroxyl groups is 1. The Balaban J connectivity index is 2.25. The number of rotatable bonds is 6. The fourth-order valence-electron chi connectivity index (χ4n) is 3.39. The first-order chi connectivity index (χ1) is 13.9. The number of hydrogen-bond acceptors (Lipinski definition) is 6. The Hall–Kier alpha value is -3.06. The number of carbonyl (C=O) groups is 2. The minimum Gasteiger partial charge on any atom is -0.507 e. The van der Waals surface area contributed by atoms with Crippen molar-refractivity contribution in [2.75, 3.05) is 20.8 Å². The maximum atomic E-state index is 12.9. The van der Waals surface area contributed by atoms with Gasteiger partial charge >= 0.3 is 0 Å². The van der Waals surface area contributed by atoms with Gasteiger partial charge < -0.3 is 19.5 Å². The van der Waals surface area contributed by atoms with Gasteiger partial charge in [0.05, 0.1) is 36.1 Å². The number of Topliss-reactive ketones (excluding diaryl/α,β-unsaturated/α-hetero) is 1. The van der Waals surface area contributed by atoms with Crippen LogP contribution in [0.2, 0.25) is 5.02 Å². The summed E-state index contributed by atoms with van der Waals surface area (Å²) in [4.78, 5) is 31.3. The summed E-state index contributed by atoms with van der Waals surface area (Å²) in [6.07, 6.45) is 2.22. The van der Waals surface area contributed by atoms with Crippen LogP contribution in [0, 0.1) is 0 Å². The molecule has 1 unspecified atom stereocenters. The lowest BCUT2D eigenvalue weighted by molar-refractivity contribution is -0.139. The van der Waals surface area contributed by atoms with E-state index in [1.807, 2.05) is 6.92 Å². The summed E-state index contributed by atoms with van der Waals surface area (Å²) < 4.78 is 10.5. The van der Waals surface area contributed by atoms with Gasteiger partial charge in [-0.15, -0.1) is 0 Å². The largest absolute Gasteiger partial charge is 0.507 e. The second kappa shape index (κ2) is 8.53. The zero-order valence-corrected chi connectivity index (χ0v) is 17.1. The predicted molar refractivity (Wildman–Crippen MR) is 108 cm³/mol. The van der Waals surface area contributed by atoms with Gasteiger partial charge in [0.2, 0.25) is 0 Å². The molecule has 0 aliphatic carbocycles. The molecule has 29 heavy (non-hydrogen) atoms. The first-order valence-corrected chi connectivity index (χ1v) is 9.43. The average molecular weight is 417 g/mol. The number of halogens is 1. The zero-order chi connectivity index (χ0) is 21.1. The molecule has 2 aromatic rings. The molecule has 1 saturated heterocycles. The van der Waals surface area contributed by atoms with Gasteiger partial charge in [0, 0.05) is 18.8 Å². The monoisotopic (exact) mass is 416 g/mol. The Labute approximate surface area is 173 Å². The number of likely N-dealkylation sites (tertiary alicyclic amines) is 1. The van der Waals surface area contributed by atoms with E-state index in [9.17, 15) is 14.7 Å². The van der Waals surface area contributed by atoms with E-state index in [1.165, 1.54) is 31.3 Å². The standard InChI is InChI=1S/C21H21ClN2O5/c1-4-9-24-18(14-7-5-6-8-23-14)17(20(26)21(24)27)19(25)12-10-13(22)16(29-3)11-15(12)28-2/h5-8,10-11,18,25H,4,9H2,1-3H3/b19-17+. The van der Waals surface area contributed by atoms with Crippen LogP contribution < -0.4 is 9.47 Å². The summed E-state index contributed by atoms with van der Waals surface area (Å²) in [6, 6.07) is 7.36. The number of aromatic nitrogens is 1. The third-order valence-corrected chi connectivity index (χ3v) is 5.00. The van der Waals surface area contributed by atoms with E-state index in [0.29, 0.717) is 24.4 Å². The van der Waals surface area contributed by atoms with Gasteiger partial charge in [-0.05, 0) is 24.6 Å². The van der Waals surface area contributed by atoms with E-state index in [2.05, 4.69) is 4.98 Å². The quantitative estimate of drug-likeness (QED) is 0.440. The number of carbonyl (C=O) groups excluding carboxylic acids is 2. The number of methoxy groups -OCH3 is 2. The Kier molecular flexibility index (Phi) is 6.08. The highest BCUT2D eigenvalue weighted by Gasteiger charge is 2.46. The number of ketones is 1. The van der Waals surface area contributed by atoms with Crippen LogP contribution >= 0.6 is 11.6 Å². The van der Waals surface area contributed by atoms with Gasteiger partial charge in [-0.2, -0.15) is 0 Å². The number of amides is 1. The third kappa shape index (κ3) is 3.65. The maximum Gasteiger partial charge on any atom is 0.295 e. The van der Waals surface area contributed by atoms with Gasteiger partial charge in [0.15, 0.2) is 0 Å². The molecule has 1 aliphatic rings. The van der Waals surface area contributed by atoms with Crippen molar-refractivity contribution in [3.8, 4) is 11.5 Å². The van der Waals surface area contributed by atoms with Crippen LogP contribution in [0.25, 0.3) is 5.76 Å². The van der Waals surface area contributed by atoms with Gasteiger partial charge in [-0.1, -0.05) is 24.6 Å². The highest BCUT2D eigenvalue weighted by atomic mass is 35.5. The fraction of sp³-hybridized carbons (Fsp3) is 0.286. The van der Waals surface area contributed by atoms with Crippen LogP contribution in [0.1, 0.15) is 30.6 Å². The van der Waals surface area contributed by atoms with Gasteiger partial charge in [-0.25, -0.2) is 0 Å². The van der Waals surface area contributed by atoms with E-state index in [-0.39, 0.29) is 27.7 Å². The fourth-order valence-corrected chi connectivity index (χ4v) is 3.63. The summed E-state index contributed by atoms with van der Waals surface area (Å²) in [7, 11) is 2.88. The summed E-state index contributed by atoms with van der Waals surface area (Å²) in [5, 5.41) is 11.3. The highest BCUT2D eigenvalue weighted by molar-refractivity contribution is 6.46. The maximum absolute atomic E-state index is 12.9. The van der Waals surface area contributed by atoms with Crippen LogP contribution in [0.4, 0.5) is 0 Å². The molecule has 1 fully saturated rings. The van der Waals surface area contributed by atoms with Crippen LogP contribution in [-0.2, 0) is 9.59 Å². The van der Waals surface area contributed by atoms with E-state index in [4.69, 9.17) is 21.1 Å². The molecule has 8 heteroatoms. The molecule has 0 spiro atoms. The lowest BCUT2D eigenvalue weighted by Gasteiger charge is -2.24. The molecule has 1 N–H and O–H groups in total. The molecule has 7 nitrogen and oxygen atoms in total. The van der Waals surface area contributed by atoms with Crippen molar-refractivity contribution < 1.29 is 24.2 Å². The Bertz CT molecular complexity index is 975. The number of hydrogen-bond donors (Lipinski definition) is 1. The SMILES string of the molecule is CCCN1C(=O)C(=O)/C(=C(/O)c2cc(Cl)c(OC)cc2OC)C1c1ccccn1. The zero-order valence-electron chi connectivity index (χ0n) is 16.3. The molecule has 1 aromatic heterocycles. The molecule has 1 amide bonds. The van der Waals surface area contributed by atoms with Crippen LogP contribution in [-0.4, -0.2) is 47.4 Å². The second-order valence-electron chi connectivity index (χ2n) is 6.43. The van der Waals surface area contributed by atoms with Gasteiger partial charge in [0.1, 0.15) is 23.3 Å². The lowest BCUT2D eigenvalue weighted by atomic mass is 9.97. The van der Waals surface area contributed by atoms with E-state index in [0.717, 1.165) is 0 Å². The van der Waals surface area contributed by atoms with Crippen LogP contribution in [0.15, 0.2) is 42.1 Å². The number of benzene rings is 1. The van der Waals surface area contributed by atoms with Crippen molar-refractivity contribution in [3.63, 3.8) is 0 Å². The van der Waals surface area contributed by atoms with E-state index < -0.39 is 17.7 Å². The number of nitrogens with zero attached hydrogens (tertiary/aromatic N) is 2. The molecular weight excluding hydrogens is 396 g/mol. The molecule has 0 saturated carbocycles. The summed E-state index contributed by atoms with van der Waals surface area (Å²) >= 11 is 6.22. The predicted octanol–water partition coefficient (Wildman–Crippen LogP) is 3.58. The first-order valence-electron chi connectivity index (χ1n) is 9.05. The normalized spacial score (nSPS) is 18.2. The summed E-state index contributed by atoms with van der Waals surface area (Å²) in [5.41, 5.74) is 0.621. The molecule has 1 aliphatic heterocycles. The van der Waals surface area contributed by atoms with E-state index in [1.54, 1.807) is 24.4 Å². The van der Waals surface area contributed by atoms with Crippen LogP contribution in [0.3, 0.4) is 0 Å². The summed E-state index contributed by atoms with van der Waals surface area (Å²) in [5.74, 6) is -1.22. The highest BCUT2D eigenvalue weighted by Crippen LogP contribution is 2.42. The molecule has 3 rings (SSSR count). The van der Waals surface area contributed by atoms with Crippen molar-refractivity contribution in [3.05, 3.63) is 58.4 Å². The number of ether oxygens (including phenoxy) is 2. The topological polar surface area (TPSA) is 89.0 Å². The van der Waals surface area contributed by atoms with Crippen molar-refractivity contribution in [1.82, 2.24) is 9.88 Å². The molecular formula is C21H21ClN2O5. The minimum absolute atomic E-state index is 0.0540. The van der Waals surface area contributed by atoms with Crippen molar-refractivity contribution in [1.29, 1.82) is 0 Å². The molecule has 1 atom stereocenters. The minimum atomic E-state index is -0.804. The van der Waals surface area contributed by atoms with Gasteiger partial charge in [0.25, 0.3) is 11.7 Å². The van der Waals surface area contributed by atoms with Crippen molar-refractivity contribution >= 4 is 29.1 Å². The summed E-state index contributed by atoms with van der Waals surface area (Å²) in [6.45, 7) is 2.25. The van der Waals surface area contributed by atoms with E-state index >= 15 is 0 Å². The number of aliphatic hydroxyl groups excluding tert-OH is 1. The lowest BCUT2D eigenvalue weighted by Crippen LogP contribution is -2.30. The molecule has 152 valence electrons. The molecule has 0 radical (unpaired) electrons. The molecule has 2 heterocycles. The Morgan fingerprint density at radius 3 is 2.52 bits per heavy atom. The smallest absolute Gasteiger partial charge is 0.295 e. The van der Waals surface area contributed by atoms with Crippen molar-refractivity contribution in [2.24, 2.45) is 0 Å².